The summed E-state index contributed by atoms with van der Waals surface area (Å²) in [5.74, 6) is 0. The number of amidine groups is 1. The van der Waals surface area contributed by atoms with Gasteiger partial charge in [-0.3, -0.25) is 9.98 Å². The van der Waals surface area contributed by atoms with Gasteiger partial charge in [0, 0.05) is 18.0 Å². The highest BCUT2D eigenvalue weighted by Crippen LogP contribution is 2.39. The summed E-state index contributed by atoms with van der Waals surface area (Å²) < 4.78 is 0. The minimum Gasteiger partial charge on any atom is -0.345 e. The molecular weight excluding hydrogens is 218 g/mol. The number of thioether (sulfide) groups is 1. The smallest absolute Gasteiger partial charge is 0.160 e. The fraction of sp³-hybridized carbons (Fsp3) is 0.500. The van der Waals surface area contributed by atoms with Gasteiger partial charge in [-0.2, -0.15) is 0 Å². The third-order valence-electron chi connectivity index (χ3n) is 3.19. The van der Waals surface area contributed by atoms with E-state index in [-0.39, 0.29) is 6.04 Å². The Balaban J connectivity index is 1.90. The molecule has 0 radical (unpaired) electrons. The molecule has 3 nitrogen and oxygen atoms in total. The molecule has 0 aliphatic carbocycles. The summed E-state index contributed by atoms with van der Waals surface area (Å²) in [4.78, 5) is 11.6. The van der Waals surface area contributed by atoms with Crippen LogP contribution >= 0.6 is 11.8 Å². The first-order valence-electron chi connectivity index (χ1n) is 5.68. The molecule has 1 aromatic heterocycles. The Hall–Kier alpha value is -1.03. The zero-order chi connectivity index (χ0) is 11.1. The molecular formula is C12H15N3S. The molecule has 1 saturated heterocycles. The number of hydrogen-bond acceptors (Lipinski definition) is 4. The normalized spacial score (nSPS) is 32.8. The lowest BCUT2D eigenvalue weighted by Gasteiger charge is -2.22. The largest absolute Gasteiger partial charge is 0.345 e. The van der Waals surface area contributed by atoms with Gasteiger partial charge in [0.2, 0.25) is 0 Å². The molecule has 4 heteroatoms. The van der Waals surface area contributed by atoms with Crippen LogP contribution in [0.2, 0.25) is 0 Å². The lowest BCUT2D eigenvalue weighted by Crippen LogP contribution is -2.32. The number of nitrogens with zero attached hydrogens (tertiary/aromatic N) is 3. The maximum absolute atomic E-state index is 4.79. The van der Waals surface area contributed by atoms with E-state index < -0.39 is 0 Å². The quantitative estimate of drug-likeness (QED) is 0.745. The Morgan fingerprint density at radius 1 is 1.38 bits per heavy atom. The van der Waals surface area contributed by atoms with Gasteiger partial charge in [-0.1, -0.05) is 24.8 Å². The SMILES string of the molecule is C[C@@H]1CN2C(=N[C@H](c3ccccn3)[C@H]2C)S1. The van der Waals surface area contributed by atoms with Crippen molar-refractivity contribution in [3.8, 4) is 0 Å². The molecule has 0 amide bonds. The van der Waals surface area contributed by atoms with Crippen molar-refractivity contribution in [1.82, 2.24) is 9.88 Å². The second kappa shape index (κ2) is 3.77. The summed E-state index contributed by atoms with van der Waals surface area (Å²) >= 11 is 1.89. The Bertz CT molecular complexity index is 418. The van der Waals surface area contributed by atoms with E-state index in [2.05, 4.69) is 29.8 Å². The Morgan fingerprint density at radius 3 is 2.94 bits per heavy atom. The van der Waals surface area contributed by atoms with Gasteiger partial charge in [-0.25, -0.2) is 0 Å². The maximum Gasteiger partial charge on any atom is 0.160 e. The second-order valence-corrected chi connectivity index (χ2v) is 5.84. The van der Waals surface area contributed by atoms with Crippen LogP contribution in [0.1, 0.15) is 25.6 Å². The number of pyridine rings is 1. The van der Waals surface area contributed by atoms with E-state index in [1.807, 2.05) is 30.1 Å². The van der Waals surface area contributed by atoms with Crippen LogP contribution in [0.4, 0.5) is 0 Å². The van der Waals surface area contributed by atoms with Gasteiger partial charge >= 0.3 is 0 Å². The van der Waals surface area contributed by atoms with Gasteiger partial charge < -0.3 is 4.90 Å². The first-order valence-corrected chi connectivity index (χ1v) is 6.55. The monoisotopic (exact) mass is 233 g/mol. The first kappa shape index (κ1) is 10.1. The molecule has 1 aromatic rings. The summed E-state index contributed by atoms with van der Waals surface area (Å²) in [7, 11) is 0. The number of aromatic nitrogens is 1. The zero-order valence-corrected chi connectivity index (χ0v) is 10.3. The van der Waals surface area contributed by atoms with Crippen molar-refractivity contribution in [3.05, 3.63) is 30.1 Å². The molecule has 2 aliphatic heterocycles. The summed E-state index contributed by atoms with van der Waals surface area (Å²) in [6, 6.07) is 6.72. The molecule has 2 aliphatic rings. The maximum atomic E-state index is 4.79. The zero-order valence-electron chi connectivity index (χ0n) is 9.50. The van der Waals surface area contributed by atoms with Crippen molar-refractivity contribution in [2.75, 3.05) is 6.54 Å². The van der Waals surface area contributed by atoms with Crippen molar-refractivity contribution < 1.29 is 0 Å². The van der Waals surface area contributed by atoms with Crippen LogP contribution in [0.3, 0.4) is 0 Å². The van der Waals surface area contributed by atoms with Crippen LogP contribution in [0.5, 0.6) is 0 Å². The van der Waals surface area contributed by atoms with Crippen LogP contribution in [-0.4, -0.2) is 32.9 Å². The molecule has 0 aromatic carbocycles. The Morgan fingerprint density at radius 2 is 2.25 bits per heavy atom. The van der Waals surface area contributed by atoms with Gasteiger partial charge in [0.05, 0.1) is 11.7 Å². The number of hydrogen-bond donors (Lipinski definition) is 0. The molecule has 0 bridgehead atoms. The molecule has 16 heavy (non-hydrogen) atoms. The van der Waals surface area contributed by atoms with Crippen LogP contribution in [-0.2, 0) is 0 Å². The molecule has 0 spiro atoms. The summed E-state index contributed by atoms with van der Waals surface area (Å²) in [6.45, 7) is 5.62. The predicted octanol–water partition coefficient (Wildman–Crippen LogP) is 2.32. The van der Waals surface area contributed by atoms with Crippen molar-refractivity contribution >= 4 is 16.9 Å². The van der Waals surface area contributed by atoms with Crippen molar-refractivity contribution in [2.45, 2.75) is 31.2 Å². The molecule has 3 heterocycles. The van der Waals surface area contributed by atoms with E-state index in [0.717, 1.165) is 12.2 Å². The molecule has 3 atom stereocenters. The van der Waals surface area contributed by atoms with Crippen LogP contribution in [0.25, 0.3) is 0 Å². The van der Waals surface area contributed by atoms with E-state index >= 15 is 0 Å². The summed E-state index contributed by atoms with van der Waals surface area (Å²) in [5.41, 5.74) is 1.09. The number of fused-ring (bicyclic) bond motifs is 1. The van der Waals surface area contributed by atoms with E-state index in [9.17, 15) is 0 Å². The molecule has 1 fully saturated rings. The van der Waals surface area contributed by atoms with Gasteiger partial charge in [0.1, 0.15) is 6.04 Å². The highest BCUT2D eigenvalue weighted by Gasteiger charge is 2.39. The fourth-order valence-electron chi connectivity index (χ4n) is 2.35. The van der Waals surface area contributed by atoms with Gasteiger partial charge in [0.15, 0.2) is 5.17 Å². The number of aliphatic imine (C=N–C) groups is 1. The van der Waals surface area contributed by atoms with Gasteiger partial charge in [-0.05, 0) is 19.1 Å². The van der Waals surface area contributed by atoms with Gasteiger partial charge in [-0.15, -0.1) is 0 Å². The molecule has 3 rings (SSSR count). The standard InChI is InChI=1S/C12H15N3S/c1-8-7-15-9(2)11(14-12(15)16-8)10-5-3-4-6-13-10/h3-6,8-9,11H,7H2,1-2H3/t8-,9-,11+/m1/s1. The average Bonchev–Trinajstić information content (AvgIpc) is 2.79. The van der Waals surface area contributed by atoms with Crippen molar-refractivity contribution in [2.24, 2.45) is 4.99 Å². The molecule has 84 valence electrons. The second-order valence-electron chi connectivity index (χ2n) is 4.43. The Labute approximate surface area is 100.0 Å². The molecule has 0 N–H and O–H groups in total. The van der Waals surface area contributed by atoms with E-state index in [1.54, 1.807) is 0 Å². The molecule has 0 saturated carbocycles. The van der Waals surface area contributed by atoms with Crippen molar-refractivity contribution in [3.63, 3.8) is 0 Å². The van der Waals surface area contributed by atoms with Crippen LogP contribution in [0, 0.1) is 0 Å². The highest BCUT2D eigenvalue weighted by atomic mass is 32.2. The third-order valence-corrected chi connectivity index (χ3v) is 4.30. The predicted molar refractivity (Wildman–Crippen MR) is 67.6 cm³/mol. The number of rotatable bonds is 1. The minimum absolute atomic E-state index is 0.219. The fourth-order valence-corrected chi connectivity index (χ4v) is 3.49. The first-order chi connectivity index (χ1) is 7.75. The van der Waals surface area contributed by atoms with Gasteiger partial charge in [0.25, 0.3) is 0 Å². The average molecular weight is 233 g/mol. The van der Waals surface area contributed by atoms with Crippen molar-refractivity contribution in [1.29, 1.82) is 0 Å². The van der Waals surface area contributed by atoms with Crippen LogP contribution < -0.4 is 0 Å². The lowest BCUT2D eigenvalue weighted by molar-refractivity contribution is 0.336. The topological polar surface area (TPSA) is 28.5 Å². The van der Waals surface area contributed by atoms with E-state index in [0.29, 0.717) is 11.3 Å². The Kier molecular flexibility index (Phi) is 2.39. The van der Waals surface area contributed by atoms with Crippen LogP contribution in [0.15, 0.2) is 29.4 Å². The third kappa shape index (κ3) is 1.52. The van der Waals surface area contributed by atoms with E-state index in [1.165, 1.54) is 5.17 Å². The summed E-state index contributed by atoms with van der Waals surface area (Å²) in [6.07, 6.45) is 1.85. The minimum atomic E-state index is 0.219. The molecule has 0 unspecified atom stereocenters. The summed E-state index contributed by atoms with van der Waals surface area (Å²) in [5, 5.41) is 1.88. The highest BCUT2D eigenvalue weighted by molar-refractivity contribution is 8.14. The van der Waals surface area contributed by atoms with E-state index in [4.69, 9.17) is 4.99 Å². The lowest BCUT2D eigenvalue weighted by atomic mass is 10.1.